The molecular formula is C38H45N3O7. The average molecular weight is 656 g/mol. The first-order valence-corrected chi connectivity index (χ1v) is 17.1. The fraction of sp³-hybridized carbons (Fsp3) is 0.447. The number of benzene rings is 3. The second-order valence-corrected chi connectivity index (χ2v) is 13.0. The van der Waals surface area contributed by atoms with Crippen LogP contribution in [0.15, 0.2) is 78.9 Å². The second kappa shape index (κ2) is 15.9. The van der Waals surface area contributed by atoms with Crippen molar-refractivity contribution in [3.05, 3.63) is 101 Å². The van der Waals surface area contributed by atoms with Crippen LogP contribution in [0.5, 0.6) is 0 Å². The van der Waals surface area contributed by atoms with E-state index in [-0.39, 0.29) is 37.8 Å². The molecule has 10 heteroatoms. The summed E-state index contributed by atoms with van der Waals surface area (Å²) in [4.78, 5) is 42.2. The zero-order chi connectivity index (χ0) is 33.5. The number of hydrogen-bond donors (Lipinski definition) is 2. The van der Waals surface area contributed by atoms with Gasteiger partial charge in [-0.15, -0.1) is 0 Å². The number of carbonyl (C=O) groups is 3. The van der Waals surface area contributed by atoms with E-state index in [4.69, 9.17) is 14.2 Å². The Labute approximate surface area is 282 Å². The topological polar surface area (TPSA) is 118 Å². The molecule has 3 fully saturated rings. The third-order valence-corrected chi connectivity index (χ3v) is 9.59. The minimum absolute atomic E-state index is 0.0196. The predicted molar refractivity (Wildman–Crippen MR) is 180 cm³/mol. The highest BCUT2D eigenvalue weighted by Gasteiger charge is 2.42. The molecule has 3 saturated heterocycles. The molecule has 3 aromatic rings. The van der Waals surface area contributed by atoms with Gasteiger partial charge in [-0.1, -0.05) is 92.9 Å². The molecule has 5 atom stereocenters. The van der Waals surface area contributed by atoms with Crippen molar-refractivity contribution in [1.29, 1.82) is 0 Å². The minimum atomic E-state index is -1.01. The number of anilines is 1. The summed E-state index contributed by atoms with van der Waals surface area (Å²) < 4.78 is 18.5. The molecule has 0 spiro atoms. The normalized spacial score (nSPS) is 25.4. The van der Waals surface area contributed by atoms with Crippen LogP contribution in [0.4, 0.5) is 10.5 Å². The number of likely N-dealkylation sites (tertiary alicyclic amines) is 1. The van der Waals surface area contributed by atoms with Gasteiger partial charge in [0.2, 0.25) is 5.91 Å². The molecule has 3 aliphatic heterocycles. The first-order valence-electron chi connectivity index (χ1n) is 17.1. The number of carbonyl (C=O) groups excluding carboxylic acids is 3. The summed E-state index contributed by atoms with van der Waals surface area (Å²) in [5, 5.41) is 12.1. The number of aliphatic hydroxyl groups is 1. The Morgan fingerprint density at radius 3 is 2.21 bits per heavy atom. The molecule has 0 aliphatic carbocycles. The number of alkyl carbamates (subject to hydrolysis) is 1. The van der Waals surface area contributed by atoms with Gasteiger partial charge in [-0.3, -0.25) is 9.59 Å². The van der Waals surface area contributed by atoms with Crippen molar-refractivity contribution in [3.8, 4) is 0 Å². The molecule has 3 amide bonds. The van der Waals surface area contributed by atoms with Gasteiger partial charge in [-0.2, -0.15) is 0 Å². The maximum absolute atomic E-state index is 13.2. The Hall–Kier alpha value is -4.09. The number of ether oxygens (including phenoxy) is 3. The number of nitrogens with one attached hydrogen (secondary N) is 1. The lowest BCUT2D eigenvalue weighted by atomic mass is 9.89. The Bertz CT molecular complexity index is 1520. The summed E-state index contributed by atoms with van der Waals surface area (Å²) in [6, 6.07) is 23.2. The van der Waals surface area contributed by atoms with Crippen molar-refractivity contribution in [2.45, 2.75) is 83.2 Å². The van der Waals surface area contributed by atoms with Crippen LogP contribution < -0.4 is 10.2 Å². The molecule has 0 bridgehead atoms. The van der Waals surface area contributed by atoms with Crippen molar-refractivity contribution in [2.24, 2.45) is 5.92 Å². The van der Waals surface area contributed by atoms with Gasteiger partial charge in [-0.25, -0.2) is 9.69 Å². The number of imide groups is 1. The highest BCUT2D eigenvalue weighted by atomic mass is 16.7. The number of hydrogen-bond acceptors (Lipinski definition) is 8. The molecule has 3 aromatic carbocycles. The van der Waals surface area contributed by atoms with Gasteiger partial charge in [-0.05, 0) is 54.8 Å². The van der Waals surface area contributed by atoms with Gasteiger partial charge in [0, 0.05) is 18.0 Å². The van der Waals surface area contributed by atoms with Crippen LogP contribution in [-0.4, -0.2) is 59.7 Å². The molecule has 0 radical (unpaired) electrons. The van der Waals surface area contributed by atoms with Gasteiger partial charge in [0.25, 0.3) is 5.91 Å². The molecule has 0 aromatic heterocycles. The molecule has 1 unspecified atom stereocenters. The maximum Gasteiger partial charge on any atom is 0.408 e. The highest BCUT2D eigenvalue weighted by molar-refractivity contribution is 6.22. The first kappa shape index (κ1) is 33.8. The lowest BCUT2D eigenvalue weighted by molar-refractivity contribution is -0.276. The Morgan fingerprint density at radius 2 is 1.52 bits per heavy atom. The quantitative estimate of drug-likeness (QED) is 0.278. The monoisotopic (exact) mass is 655 g/mol. The van der Waals surface area contributed by atoms with Crippen LogP contribution in [0, 0.1) is 5.92 Å². The molecule has 6 rings (SSSR count). The Kier molecular flexibility index (Phi) is 11.2. The first-order chi connectivity index (χ1) is 23.4. The fourth-order valence-electron chi connectivity index (χ4n) is 6.78. The summed E-state index contributed by atoms with van der Waals surface area (Å²) in [5.41, 5.74) is 3.87. The number of aliphatic hydroxyl groups excluding tert-OH is 1. The zero-order valence-electron chi connectivity index (χ0n) is 27.5. The van der Waals surface area contributed by atoms with Crippen LogP contribution in [0.3, 0.4) is 0 Å². The third-order valence-electron chi connectivity index (χ3n) is 9.59. The molecule has 2 N–H and O–H groups in total. The Morgan fingerprint density at radius 1 is 0.854 bits per heavy atom. The predicted octanol–water partition coefficient (Wildman–Crippen LogP) is 5.79. The minimum Gasteiger partial charge on any atom is -0.445 e. The van der Waals surface area contributed by atoms with Gasteiger partial charge in [0.15, 0.2) is 6.29 Å². The van der Waals surface area contributed by atoms with E-state index in [9.17, 15) is 19.5 Å². The summed E-state index contributed by atoms with van der Waals surface area (Å²) in [7, 11) is 0. The molecule has 48 heavy (non-hydrogen) atoms. The van der Waals surface area contributed by atoms with Crippen LogP contribution >= 0.6 is 0 Å². The lowest BCUT2D eigenvalue weighted by Gasteiger charge is -2.43. The fourth-order valence-corrected chi connectivity index (χ4v) is 6.78. The lowest BCUT2D eigenvalue weighted by Crippen LogP contribution is -2.45. The van der Waals surface area contributed by atoms with Gasteiger partial charge in [0.05, 0.1) is 30.9 Å². The smallest absolute Gasteiger partial charge is 0.408 e. The summed E-state index contributed by atoms with van der Waals surface area (Å²) in [5.74, 6) is -0.836. The SMILES string of the molecule is C[C@H]1[C@@H](CN2CCCCCCC2)O[C@@H](c2ccc(N3C(=O)CC(NC(=O)OCc4ccccc4)C3=O)cc2)O[C@H]1c1ccc(CO)cc1. The molecule has 3 aliphatic rings. The van der Waals surface area contributed by atoms with Crippen molar-refractivity contribution in [2.75, 3.05) is 24.5 Å². The van der Waals surface area contributed by atoms with Crippen LogP contribution in [0.2, 0.25) is 0 Å². The van der Waals surface area contributed by atoms with E-state index in [0.29, 0.717) is 5.69 Å². The molecule has 254 valence electrons. The van der Waals surface area contributed by atoms with Crippen LogP contribution in [0.1, 0.15) is 80.1 Å². The van der Waals surface area contributed by atoms with E-state index in [0.717, 1.165) is 46.8 Å². The highest BCUT2D eigenvalue weighted by Crippen LogP contribution is 2.42. The van der Waals surface area contributed by atoms with E-state index >= 15 is 0 Å². The van der Waals surface area contributed by atoms with E-state index in [1.165, 1.54) is 32.1 Å². The van der Waals surface area contributed by atoms with Crippen molar-refractivity contribution in [1.82, 2.24) is 10.2 Å². The van der Waals surface area contributed by atoms with Crippen molar-refractivity contribution >= 4 is 23.6 Å². The van der Waals surface area contributed by atoms with E-state index in [2.05, 4.69) is 17.1 Å². The second-order valence-electron chi connectivity index (χ2n) is 13.0. The zero-order valence-corrected chi connectivity index (χ0v) is 27.5. The van der Waals surface area contributed by atoms with Gasteiger partial charge >= 0.3 is 6.09 Å². The summed E-state index contributed by atoms with van der Waals surface area (Å²) in [6.45, 7) is 5.13. The number of rotatable bonds is 9. The van der Waals surface area contributed by atoms with Crippen molar-refractivity contribution < 1.29 is 33.7 Å². The third kappa shape index (κ3) is 8.13. The Balaban J connectivity index is 1.14. The van der Waals surface area contributed by atoms with Crippen LogP contribution in [0.25, 0.3) is 0 Å². The number of nitrogens with zero attached hydrogens (tertiary/aromatic N) is 2. The van der Waals surface area contributed by atoms with E-state index in [1.807, 2.05) is 66.7 Å². The average Bonchev–Trinajstić information content (AvgIpc) is 3.37. The van der Waals surface area contributed by atoms with Gasteiger partial charge < -0.3 is 29.5 Å². The standard InChI is InChI=1S/C38H45N3O7/c1-26-33(23-40-20-8-3-2-4-9-21-40)47-37(48-35(26)29-14-12-27(24-42)13-15-29)30-16-18-31(19-17-30)41-34(43)22-32(36(41)44)39-38(45)46-25-28-10-6-5-7-11-28/h5-7,10-19,26,32-33,35,37,42H,2-4,8-9,20-25H2,1H3,(H,39,45)/t26-,32?,33+,35+,37+/m0/s1. The van der Waals surface area contributed by atoms with Gasteiger partial charge in [0.1, 0.15) is 12.6 Å². The molecule has 3 heterocycles. The summed E-state index contributed by atoms with van der Waals surface area (Å²) >= 11 is 0. The summed E-state index contributed by atoms with van der Waals surface area (Å²) in [6.07, 6.45) is 4.32. The number of amides is 3. The maximum atomic E-state index is 13.2. The van der Waals surface area contributed by atoms with E-state index in [1.54, 1.807) is 12.1 Å². The molecule has 10 nitrogen and oxygen atoms in total. The van der Waals surface area contributed by atoms with Crippen molar-refractivity contribution in [3.63, 3.8) is 0 Å². The molecule has 0 saturated carbocycles. The van der Waals surface area contributed by atoms with E-state index < -0.39 is 30.2 Å². The molecular weight excluding hydrogens is 610 g/mol. The largest absolute Gasteiger partial charge is 0.445 e. The van der Waals surface area contributed by atoms with Crippen LogP contribution in [-0.2, 0) is 37.0 Å².